The van der Waals surface area contributed by atoms with E-state index in [2.05, 4.69) is 14.9 Å². The SMILES string of the molecule is COc1ccc(CCC(=O)NCc2snnc2C)cc1OC. The fraction of sp³-hybridized carbons (Fsp3) is 0.400. The Hall–Kier alpha value is -2.15. The number of nitrogens with zero attached hydrogens (tertiary/aromatic N) is 2. The molecule has 1 aromatic heterocycles. The van der Waals surface area contributed by atoms with Crippen molar-refractivity contribution in [1.82, 2.24) is 14.9 Å². The Morgan fingerprint density at radius 1 is 1.27 bits per heavy atom. The number of hydrogen-bond donors (Lipinski definition) is 1. The van der Waals surface area contributed by atoms with Crippen LogP contribution in [0, 0.1) is 6.92 Å². The average Bonchev–Trinajstić information content (AvgIpc) is 2.95. The van der Waals surface area contributed by atoms with Crippen LogP contribution in [0.5, 0.6) is 11.5 Å². The van der Waals surface area contributed by atoms with Gasteiger partial charge in [0.1, 0.15) is 0 Å². The summed E-state index contributed by atoms with van der Waals surface area (Å²) in [5.74, 6) is 1.36. The van der Waals surface area contributed by atoms with E-state index in [-0.39, 0.29) is 5.91 Å². The summed E-state index contributed by atoms with van der Waals surface area (Å²) in [5.41, 5.74) is 1.90. The van der Waals surface area contributed by atoms with E-state index in [1.807, 2.05) is 25.1 Å². The minimum absolute atomic E-state index is 0.00239. The molecule has 6 nitrogen and oxygen atoms in total. The second kappa shape index (κ2) is 7.74. The van der Waals surface area contributed by atoms with Crippen LogP contribution in [0.15, 0.2) is 18.2 Å². The minimum atomic E-state index is 0.00239. The summed E-state index contributed by atoms with van der Waals surface area (Å²) in [4.78, 5) is 12.9. The molecule has 0 aliphatic heterocycles. The van der Waals surface area contributed by atoms with Crippen LogP contribution in [0.2, 0.25) is 0 Å². The van der Waals surface area contributed by atoms with Crippen LogP contribution in [-0.2, 0) is 17.8 Å². The molecule has 0 unspecified atom stereocenters. The van der Waals surface area contributed by atoms with Gasteiger partial charge in [0.2, 0.25) is 5.91 Å². The summed E-state index contributed by atoms with van der Waals surface area (Å²) < 4.78 is 14.3. The van der Waals surface area contributed by atoms with Gasteiger partial charge in [-0.3, -0.25) is 4.79 Å². The van der Waals surface area contributed by atoms with Crippen LogP contribution in [0.4, 0.5) is 0 Å². The maximum Gasteiger partial charge on any atom is 0.220 e. The number of carbonyl (C=O) groups is 1. The molecule has 2 rings (SSSR count). The number of amides is 1. The lowest BCUT2D eigenvalue weighted by Crippen LogP contribution is -2.22. The molecule has 1 aromatic carbocycles. The van der Waals surface area contributed by atoms with E-state index in [1.165, 1.54) is 11.5 Å². The highest BCUT2D eigenvalue weighted by molar-refractivity contribution is 7.05. The number of nitrogens with one attached hydrogen (secondary N) is 1. The number of methoxy groups -OCH3 is 2. The van der Waals surface area contributed by atoms with Crippen molar-refractivity contribution in [2.75, 3.05) is 14.2 Å². The van der Waals surface area contributed by atoms with Crippen LogP contribution in [0.3, 0.4) is 0 Å². The zero-order valence-electron chi connectivity index (χ0n) is 12.9. The van der Waals surface area contributed by atoms with Gasteiger partial charge in [-0.05, 0) is 42.6 Å². The first-order chi connectivity index (χ1) is 10.6. The lowest BCUT2D eigenvalue weighted by Gasteiger charge is -2.09. The number of carbonyl (C=O) groups excluding carboxylic acids is 1. The molecule has 22 heavy (non-hydrogen) atoms. The number of aromatic nitrogens is 2. The molecular weight excluding hydrogens is 302 g/mol. The van der Waals surface area contributed by atoms with Crippen molar-refractivity contribution in [2.45, 2.75) is 26.3 Å². The number of rotatable bonds is 7. The zero-order chi connectivity index (χ0) is 15.9. The van der Waals surface area contributed by atoms with Gasteiger partial charge in [-0.1, -0.05) is 10.6 Å². The number of benzene rings is 1. The molecule has 7 heteroatoms. The Morgan fingerprint density at radius 3 is 2.68 bits per heavy atom. The summed E-state index contributed by atoms with van der Waals surface area (Å²) >= 11 is 1.31. The van der Waals surface area contributed by atoms with Crippen LogP contribution in [0.1, 0.15) is 22.6 Å². The molecule has 2 aromatic rings. The third-order valence-electron chi connectivity index (χ3n) is 3.28. The zero-order valence-corrected chi connectivity index (χ0v) is 13.7. The van der Waals surface area contributed by atoms with Crippen molar-refractivity contribution in [3.05, 3.63) is 34.3 Å². The number of ether oxygens (including phenoxy) is 2. The van der Waals surface area contributed by atoms with Gasteiger partial charge < -0.3 is 14.8 Å². The highest BCUT2D eigenvalue weighted by Gasteiger charge is 2.08. The summed E-state index contributed by atoms with van der Waals surface area (Å²) in [6.07, 6.45) is 1.06. The summed E-state index contributed by atoms with van der Waals surface area (Å²) in [5, 5.41) is 6.80. The monoisotopic (exact) mass is 321 g/mol. The Kier molecular flexibility index (Phi) is 5.71. The fourth-order valence-corrected chi connectivity index (χ4v) is 2.55. The lowest BCUT2D eigenvalue weighted by molar-refractivity contribution is -0.121. The molecule has 1 N–H and O–H groups in total. The number of hydrogen-bond acceptors (Lipinski definition) is 6. The molecule has 0 radical (unpaired) electrons. The van der Waals surface area contributed by atoms with Crippen molar-refractivity contribution in [3.8, 4) is 11.5 Å². The van der Waals surface area contributed by atoms with Crippen LogP contribution in [0.25, 0.3) is 0 Å². The molecular formula is C15H19N3O3S. The van der Waals surface area contributed by atoms with Crippen molar-refractivity contribution in [3.63, 3.8) is 0 Å². The van der Waals surface area contributed by atoms with Crippen molar-refractivity contribution in [1.29, 1.82) is 0 Å². The van der Waals surface area contributed by atoms with Gasteiger partial charge in [-0.15, -0.1) is 5.10 Å². The topological polar surface area (TPSA) is 73.3 Å². The third kappa shape index (κ3) is 4.17. The second-order valence-corrected chi connectivity index (χ2v) is 5.59. The Morgan fingerprint density at radius 2 is 2.05 bits per heavy atom. The van der Waals surface area contributed by atoms with Crippen molar-refractivity contribution < 1.29 is 14.3 Å². The Balaban J connectivity index is 1.84. The molecule has 0 bridgehead atoms. The van der Waals surface area contributed by atoms with E-state index in [9.17, 15) is 4.79 Å². The maximum absolute atomic E-state index is 11.9. The molecule has 0 spiro atoms. The standard InChI is InChI=1S/C15H19N3O3S/c1-10-14(22-18-17-10)9-16-15(19)7-5-11-4-6-12(20-2)13(8-11)21-3/h4,6,8H,5,7,9H2,1-3H3,(H,16,19). The Labute approximate surface area is 133 Å². The van der Waals surface area contributed by atoms with E-state index in [0.717, 1.165) is 16.1 Å². The molecule has 0 fully saturated rings. The molecule has 0 saturated heterocycles. The van der Waals surface area contributed by atoms with Gasteiger partial charge in [-0.2, -0.15) is 0 Å². The van der Waals surface area contributed by atoms with Crippen LogP contribution in [-0.4, -0.2) is 29.7 Å². The smallest absolute Gasteiger partial charge is 0.220 e. The minimum Gasteiger partial charge on any atom is -0.493 e. The van der Waals surface area contributed by atoms with Crippen molar-refractivity contribution in [2.24, 2.45) is 0 Å². The van der Waals surface area contributed by atoms with Gasteiger partial charge in [0.25, 0.3) is 0 Å². The third-order valence-corrected chi connectivity index (χ3v) is 4.10. The molecule has 0 aliphatic rings. The first-order valence-corrected chi connectivity index (χ1v) is 7.66. The van der Waals surface area contributed by atoms with Gasteiger partial charge in [0.05, 0.1) is 31.3 Å². The van der Waals surface area contributed by atoms with E-state index in [4.69, 9.17) is 9.47 Å². The highest BCUT2D eigenvalue weighted by Crippen LogP contribution is 2.27. The molecule has 1 heterocycles. The molecule has 0 aliphatic carbocycles. The van der Waals surface area contributed by atoms with Crippen molar-refractivity contribution >= 4 is 17.4 Å². The maximum atomic E-state index is 11.9. The van der Waals surface area contributed by atoms with E-state index in [0.29, 0.717) is 30.9 Å². The average molecular weight is 321 g/mol. The lowest BCUT2D eigenvalue weighted by atomic mass is 10.1. The molecule has 118 valence electrons. The fourth-order valence-electron chi connectivity index (χ4n) is 1.97. The largest absolute Gasteiger partial charge is 0.493 e. The van der Waals surface area contributed by atoms with Gasteiger partial charge in [0.15, 0.2) is 11.5 Å². The summed E-state index contributed by atoms with van der Waals surface area (Å²) in [6, 6.07) is 5.67. The van der Waals surface area contributed by atoms with Gasteiger partial charge in [-0.25, -0.2) is 0 Å². The van der Waals surface area contributed by atoms with Crippen LogP contribution >= 0.6 is 11.5 Å². The number of aryl methyl sites for hydroxylation is 2. The highest BCUT2D eigenvalue weighted by atomic mass is 32.1. The predicted octanol–water partition coefficient (Wildman–Crippen LogP) is 2.11. The van der Waals surface area contributed by atoms with Gasteiger partial charge >= 0.3 is 0 Å². The first-order valence-electron chi connectivity index (χ1n) is 6.89. The second-order valence-electron chi connectivity index (χ2n) is 4.75. The molecule has 1 amide bonds. The van der Waals surface area contributed by atoms with Gasteiger partial charge in [0, 0.05) is 6.42 Å². The van der Waals surface area contributed by atoms with E-state index < -0.39 is 0 Å². The molecule has 0 saturated carbocycles. The predicted molar refractivity (Wildman–Crippen MR) is 84.4 cm³/mol. The van der Waals surface area contributed by atoms with Crippen LogP contribution < -0.4 is 14.8 Å². The first kappa shape index (κ1) is 16.2. The summed E-state index contributed by atoms with van der Waals surface area (Å²) in [6.45, 7) is 2.36. The normalized spacial score (nSPS) is 10.3. The summed E-state index contributed by atoms with van der Waals surface area (Å²) in [7, 11) is 3.20. The quantitative estimate of drug-likeness (QED) is 0.845. The Bertz CT molecular complexity index is 643. The molecule has 0 atom stereocenters. The van der Waals surface area contributed by atoms with E-state index >= 15 is 0 Å². The van der Waals surface area contributed by atoms with E-state index in [1.54, 1.807) is 14.2 Å².